The molecule has 4 atom stereocenters. The predicted molar refractivity (Wildman–Crippen MR) is 158 cm³/mol. The first-order valence-electron chi connectivity index (χ1n) is 14.7. The van der Waals surface area contributed by atoms with Gasteiger partial charge in [0.25, 0.3) is 0 Å². The molecule has 2 aromatic heterocycles. The first-order valence-corrected chi connectivity index (χ1v) is 14.7. The average Bonchev–Trinajstić information content (AvgIpc) is 3.71. The molecule has 9 nitrogen and oxygen atoms in total. The second kappa shape index (κ2) is 9.33. The average molecular weight is 550 g/mol. The first kappa shape index (κ1) is 24.9. The number of likely N-dealkylation sites (tertiary alicyclic amines) is 1. The summed E-state index contributed by atoms with van der Waals surface area (Å²) < 4.78 is 5.67. The molecule has 3 aromatic rings. The Labute approximate surface area is 240 Å². The lowest BCUT2D eigenvalue weighted by atomic mass is 9.53. The Morgan fingerprint density at radius 1 is 1.07 bits per heavy atom. The number of piperidine rings is 1. The third-order valence-corrected chi connectivity index (χ3v) is 10.3. The van der Waals surface area contributed by atoms with Gasteiger partial charge in [-0.15, -0.1) is 10.2 Å². The number of phenols is 1. The monoisotopic (exact) mass is 549 g/mol. The molecule has 5 aliphatic rings. The molecule has 0 bridgehead atoms. The van der Waals surface area contributed by atoms with Gasteiger partial charge in [-0.05, 0) is 68.5 Å². The lowest BCUT2D eigenvalue weighted by Gasteiger charge is -2.68. The number of anilines is 3. The Morgan fingerprint density at radius 2 is 2.00 bits per heavy atom. The van der Waals surface area contributed by atoms with Crippen LogP contribution in [0.2, 0.25) is 0 Å². The summed E-state index contributed by atoms with van der Waals surface area (Å²) in [5, 5.41) is 18.9. The third-order valence-electron chi connectivity index (χ3n) is 10.3. The van der Waals surface area contributed by atoms with E-state index in [-0.39, 0.29) is 11.2 Å². The molecule has 210 valence electrons. The molecule has 1 saturated carbocycles. The van der Waals surface area contributed by atoms with Crippen molar-refractivity contribution in [3.63, 3.8) is 0 Å². The molecule has 41 heavy (non-hydrogen) atoms. The summed E-state index contributed by atoms with van der Waals surface area (Å²) in [6.45, 7) is 6.61. The number of hydrogen-bond donors (Lipinski definition) is 2. The number of benzene rings is 1. The molecule has 3 N–H and O–H groups in total. The van der Waals surface area contributed by atoms with E-state index in [4.69, 9.17) is 10.5 Å². The number of nitrogens with two attached hydrogens (primary N) is 1. The van der Waals surface area contributed by atoms with Gasteiger partial charge in [-0.2, -0.15) is 0 Å². The number of aromatic nitrogens is 3. The van der Waals surface area contributed by atoms with Crippen molar-refractivity contribution < 1.29 is 9.84 Å². The van der Waals surface area contributed by atoms with Gasteiger partial charge < -0.3 is 25.4 Å². The predicted octanol–water partition coefficient (Wildman–Crippen LogP) is 3.15. The molecule has 9 heteroatoms. The van der Waals surface area contributed by atoms with E-state index in [1.54, 1.807) is 12.1 Å². The highest BCUT2D eigenvalue weighted by Gasteiger charge is 2.69. The summed E-state index contributed by atoms with van der Waals surface area (Å²) in [6, 6.07) is 14.4. The molecular formula is C32H35N7O2. The van der Waals surface area contributed by atoms with Crippen molar-refractivity contribution in [1.82, 2.24) is 20.1 Å². The van der Waals surface area contributed by atoms with Crippen molar-refractivity contribution in [3.8, 4) is 28.8 Å². The quantitative estimate of drug-likeness (QED) is 0.475. The van der Waals surface area contributed by atoms with Crippen LogP contribution in [0.4, 0.5) is 17.2 Å². The van der Waals surface area contributed by atoms with Crippen molar-refractivity contribution in [2.24, 2.45) is 10.8 Å². The largest absolute Gasteiger partial charge is 0.507 e. The van der Waals surface area contributed by atoms with Gasteiger partial charge in [0.2, 0.25) is 0 Å². The summed E-state index contributed by atoms with van der Waals surface area (Å²) in [5.41, 5.74) is 11.2. The van der Waals surface area contributed by atoms with Gasteiger partial charge >= 0.3 is 0 Å². The number of hydrogen-bond acceptors (Lipinski definition) is 9. The van der Waals surface area contributed by atoms with Gasteiger partial charge in [0.05, 0.1) is 30.6 Å². The van der Waals surface area contributed by atoms with E-state index in [9.17, 15) is 5.11 Å². The van der Waals surface area contributed by atoms with E-state index >= 15 is 0 Å². The van der Waals surface area contributed by atoms with Crippen LogP contribution >= 0.6 is 0 Å². The Hall–Kier alpha value is -3.87. The Morgan fingerprint density at radius 3 is 2.83 bits per heavy atom. The number of nitrogen functional groups attached to an aromatic ring is 1. The van der Waals surface area contributed by atoms with Crippen molar-refractivity contribution in [3.05, 3.63) is 54.4 Å². The maximum absolute atomic E-state index is 10.4. The van der Waals surface area contributed by atoms with Gasteiger partial charge in [0.15, 0.2) is 5.82 Å². The van der Waals surface area contributed by atoms with Crippen molar-refractivity contribution in [2.75, 3.05) is 61.5 Å². The fourth-order valence-corrected chi connectivity index (χ4v) is 8.08. The van der Waals surface area contributed by atoms with E-state index in [2.05, 4.69) is 53.9 Å². The van der Waals surface area contributed by atoms with E-state index < -0.39 is 0 Å². The number of nitrogens with zero attached hydrogens (tertiary/aromatic N) is 6. The zero-order valence-electron chi connectivity index (χ0n) is 23.2. The Kier molecular flexibility index (Phi) is 5.66. The summed E-state index contributed by atoms with van der Waals surface area (Å²) in [4.78, 5) is 12.0. The second-order valence-corrected chi connectivity index (χ2v) is 12.6. The molecule has 4 aliphatic heterocycles. The molecule has 8 rings (SSSR count). The topological polar surface area (TPSA) is 104 Å². The van der Waals surface area contributed by atoms with Crippen LogP contribution in [0, 0.1) is 22.7 Å². The fourth-order valence-electron chi connectivity index (χ4n) is 8.08. The Balaban J connectivity index is 0.989. The number of pyridine rings is 1. The highest BCUT2D eigenvalue weighted by Crippen LogP contribution is 2.62. The number of rotatable bonds is 4. The maximum atomic E-state index is 10.4. The smallest absolute Gasteiger partial charge is 0.169 e. The normalized spacial score (nSPS) is 30.0. The van der Waals surface area contributed by atoms with Crippen LogP contribution in [0.3, 0.4) is 0 Å². The molecule has 0 radical (unpaired) electrons. The highest BCUT2D eigenvalue weighted by molar-refractivity contribution is 5.75. The van der Waals surface area contributed by atoms with Crippen molar-refractivity contribution >= 4 is 17.2 Å². The first-order chi connectivity index (χ1) is 20.0. The molecule has 0 amide bonds. The van der Waals surface area contributed by atoms with Gasteiger partial charge in [-0.1, -0.05) is 18.1 Å². The van der Waals surface area contributed by atoms with Crippen LogP contribution in [0.25, 0.3) is 11.3 Å². The van der Waals surface area contributed by atoms with E-state index in [0.29, 0.717) is 34.6 Å². The minimum Gasteiger partial charge on any atom is -0.507 e. The highest BCUT2D eigenvalue weighted by atomic mass is 16.5. The Bertz CT molecular complexity index is 1560. The number of aromatic hydroxyl groups is 1. The minimum atomic E-state index is 0.187. The van der Waals surface area contributed by atoms with Crippen LogP contribution in [0.5, 0.6) is 5.75 Å². The maximum Gasteiger partial charge on any atom is 0.169 e. The van der Waals surface area contributed by atoms with Crippen LogP contribution in [-0.4, -0.2) is 83.2 Å². The summed E-state index contributed by atoms with van der Waals surface area (Å²) in [5.74, 6) is 7.34. The standard InChI is InChI=1S/C32H35N7O2/c33-30-26(17-25(35-36-30)24-5-1-2-6-27(24)40)38-18-29-32(20-38)9-7-28(32)39(29)23-8-12-34-22(16-23)4-3-13-37-14-10-31(19-37)11-15-41-21-31/h1-2,5-6,8,12,16-17,28-29,40H,7,9-11,13-15,18-21H2,(H2,33,36)/t28?,29?,31?,32-/m1/s1. The lowest BCUT2D eigenvalue weighted by molar-refractivity contribution is 0.00101. The summed E-state index contributed by atoms with van der Waals surface area (Å²) in [6.07, 6.45) is 6.71. The van der Waals surface area contributed by atoms with Gasteiger partial charge in [-0.3, -0.25) is 4.90 Å². The zero-order valence-corrected chi connectivity index (χ0v) is 23.2. The fraction of sp³-hybridized carbons (Fsp3) is 0.469. The molecule has 2 spiro atoms. The van der Waals surface area contributed by atoms with E-state index in [0.717, 1.165) is 57.3 Å². The second-order valence-electron chi connectivity index (χ2n) is 12.6. The van der Waals surface area contributed by atoms with Gasteiger partial charge in [0, 0.05) is 60.6 Å². The molecule has 3 unspecified atom stereocenters. The lowest BCUT2D eigenvalue weighted by Crippen LogP contribution is -2.77. The van der Waals surface area contributed by atoms with Crippen LogP contribution in [0.15, 0.2) is 48.7 Å². The number of ether oxygens (including phenoxy) is 1. The van der Waals surface area contributed by atoms with Gasteiger partial charge in [-0.25, -0.2) is 4.98 Å². The molecule has 5 fully saturated rings. The summed E-state index contributed by atoms with van der Waals surface area (Å²) >= 11 is 0. The molecule has 6 heterocycles. The molecular weight excluding hydrogens is 514 g/mol. The van der Waals surface area contributed by atoms with Gasteiger partial charge in [0.1, 0.15) is 11.4 Å². The number of phenolic OH excluding ortho intramolecular Hbond substituents is 1. The number of para-hydroxylation sites is 1. The SMILES string of the molecule is Nc1nnc(-c2ccccc2O)cc1N1CC2N(c3ccnc(C#CCN4CCC5(CCOC5)C4)c3)C3CC[C@@]32C1. The van der Waals surface area contributed by atoms with Crippen LogP contribution in [0.1, 0.15) is 31.4 Å². The molecule has 4 saturated heterocycles. The van der Waals surface area contributed by atoms with Crippen molar-refractivity contribution in [2.45, 2.75) is 37.8 Å². The molecule has 1 aliphatic carbocycles. The third kappa shape index (κ3) is 3.96. The van der Waals surface area contributed by atoms with E-state index in [1.165, 1.54) is 31.4 Å². The van der Waals surface area contributed by atoms with Crippen LogP contribution in [-0.2, 0) is 4.74 Å². The van der Waals surface area contributed by atoms with E-state index in [1.807, 2.05) is 24.4 Å². The summed E-state index contributed by atoms with van der Waals surface area (Å²) in [7, 11) is 0. The van der Waals surface area contributed by atoms with Crippen molar-refractivity contribution in [1.29, 1.82) is 0 Å². The minimum absolute atomic E-state index is 0.187. The zero-order chi connectivity index (χ0) is 27.6. The molecule has 1 aromatic carbocycles. The van der Waals surface area contributed by atoms with Crippen LogP contribution < -0.4 is 15.5 Å².